The van der Waals surface area contributed by atoms with Crippen molar-refractivity contribution in [3.05, 3.63) is 106 Å². The van der Waals surface area contributed by atoms with Crippen LogP contribution in [0.1, 0.15) is 209 Å². The molecule has 2 nitrogen and oxygen atoms in total. The fraction of sp³-hybridized carbons (Fsp3) is 0.561. The number of fused-ring (bicyclic) bond motifs is 6. The Bertz CT molecular complexity index is 1950. The van der Waals surface area contributed by atoms with Crippen molar-refractivity contribution in [2.24, 2.45) is 0 Å². The molecule has 318 valence electrons. The molecule has 2 heteroatoms. The van der Waals surface area contributed by atoms with Crippen LogP contribution in [0.25, 0.3) is 33.4 Å². The van der Waals surface area contributed by atoms with Crippen molar-refractivity contribution in [1.82, 2.24) is 0 Å². The Hall–Kier alpha value is -3.65. The number of carbonyl (C=O) groups is 1. The van der Waals surface area contributed by atoms with Gasteiger partial charge >= 0.3 is 5.97 Å². The number of esters is 1. The van der Waals surface area contributed by atoms with Crippen molar-refractivity contribution in [1.29, 1.82) is 0 Å². The van der Waals surface area contributed by atoms with Crippen LogP contribution in [0.5, 0.6) is 0 Å². The van der Waals surface area contributed by atoms with Crippen molar-refractivity contribution < 1.29 is 9.53 Å². The smallest absolute Gasteiger partial charge is 0.305 e. The summed E-state index contributed by atoms with van der Waals surface area (Å²) in [4.78, 5) is 13.3. The summed E-state index contributed by atoms with van der Waals surface area (Å²) in [5, 5.41) is 0. The molecule has 0 fully saturated rings. The zero-order valence-corrected chi connectivity index (χ0v) is 38.2. The lowest BCUT2D eigenvalue weighted by Gasteiger charge is -2.34. The number of ether oxygens (including phenoxy) is 1. The minimum Gasteiger partial charge on any atom is -0.466 e. The van der Waals surface area contributed by atoms with Crippen LogP contribution >= 0.6 is 0 Å². The van der Waals surface area contributed by atoms with Gasteiger partial charge in [0.25, 0.3) is 0 Å². The first-order valence-electron chi connectivity index (χ1n) is 24.5. The molecule has 1 atom stereocenters. The third-order valence-electron chi connectivity index (χ3n) is 14.3. The molecule has 0 spiro atoms. The zero-order chi connectivity index (χ0) is 41.7. The van der Waals surface area contributed by atoms with Crippen LogP contribution in [-0.2, 0) is 20.4 Å². The first-order valence-corrected chi connectivity index (χ1v) is 24.5. The Labute approximate surface area is 360 Å². The van der Waals surface area contributed by atoms with E-state index in [1.165, 1.54) is 165 Å². The summed E-state index contributed by atoms with van der Waals surface area (Å²) in [6.45, 7) is 14.1. The number of carbonyl (C=O) groups excluding carboxylic acids is 1. The third kappa shape index (κ3) is 10.3. The van der Waals surface area contributed by atoms with Crippen LogP contribution in [0.3, 0.4) is 0 Å². The number of hydrogen-bond donors (Lipinski definition) is 0. The van der Waals surface area contributed by atoms with E-state index >= 15 is 0 Å². The summed E-state index contributed by atoms with van der Waals surface area (Å²) in [5.41, 5.74) is 16.7. The molecule has 0 saturated heterocycles. The fourth-order valence-electron chi connectivity index (χ4n) is 10.9. The van der Waals surface area contributed by atoms with Crippen LogP contribution in [0.4, 0.5) is 0 Å². The van der Waals surface area contributed by atoms with Gasteiger partial charge in [0.2, 0.25) is 0 Å². The van der Waals surface area contributed by atoms with E-state index in [9.17, 15) is 4.79 Å². The van der Waals surface area contributed by atoms with E-state index in [0.29, 0.717) is 13.0 Å². The second-order valence-electron chi connectivity index (χ2n) is 18.7. The second kappa shape index (κ2) is 21.7. The van der Waals surface area contributed by atoms with E-state index in [2.05, 4.69) is 114 Å². The molecule has 6 rings (SSSR count). The van der Waals surface area contributed by atoms with E-state index in [0.717, 1.165) is 32.1 Å². The lowest BCUT2D eigenvalue weighted by molar-refractivity contribution is -0.144. The van der Waals surface area contributed by atoms with E-state index in [1.807, 2.05) is 0 Å². The summed E-state index contributed by atoms with van der Waals surface area (Å²) in [7, 11) is 0. The van der Waals surface area contributed by atoms with Crippen LogP contribution in [-0.4, -0.2) is 12.6 Å². The first kappa shape index (κ1) is 44.9. The summed E-state index contributed by atoms with van der Waals surface area (Å²) >= 11 is 0. The molecule has 0 N–H and O–H groups in total. The highest BCUT2D eigenvalue weighted by Crippen LogP contribution is 2.57. The van der Waals surface area contributed by atoms with Gasteiger partial charge in [-0.25, -0.2) is 0 Å². The highest BCUT2D eigenvalue weighted by Gasteiger charge is 2.44. The summed E-state index contributed by atoms with van der Waals surface area (Å²) < 4.78 is 5.78. The van der Waals surface area contributed by atoms with E-state index in [1.54, 1.807) is 11.1 Å². The molecule has 0 aliphatic heterocycles. The van der Waals surface area contributed by atoms with Crippen LogP contribution in [0.15, 0.2) is 72.8 Å². The SMILES string of the molecule is CCCCCCCCC1(CCCCCCCC)c2cc(C)ccc2-c2ccc(-c3ccc4c(c3)C(CCCCCC)(CCC(=O)OCCCC)c3cc(C)ccc3-4)cc21. The average molecular weight is 795 g/mol. The monoisotopic (exact) mass is 795 g/mol. The Morgan fingerprint density at radius 2 is 0.780 bits per heavy atom. The maximum atomic E-state index is 13.3. The van der Waals surface area contributed by atoms with Gasteiger partial charge in [-0.05, 0) is 114 Å². The van der Waals surface area contributed by atoms with Gasteiger partial charge in [0.1, 0.15) is 0 Å². The van der Waals surface area contributed by atoms with Gasteiger partial charge in [0.15, 0.2) is 0 Å². The average Bonchev–Trinajstić information content (AvgIpc) is 3.66. The standard InChI is InChI=1S/C57H78O2/c1-7-11-15-18-20-23-34-56(35-24-21-19-16-12-8-2)51-39-43(5)25-29-47(51)49-31-27-45(41-53(49)56)46-28-32-50-48-30-26-44(6)40-52(48)57(54(50)42-46,36-22-17-13-9-3)37-33-55(58)59-38-14-10-4/h25-32,39-42H,7-24,33-38H2,1-6H3. The molecule has 0 radical (unpaired) electrons. The van der Waals surface area contributed by atoms with Crippen molar-refractivity contribution in [2.45, 2.75) is 200 Å². The molecule has 1 unspecified atom stereocenters. The largest absolute Gasteiger partial charge is 0.466 e. The van der Waals surface area contributed by atoms with Gasteiger partial charge in [-0.15, -0.1) is 0 Å². The van der Waals surface area contributed by atoms with Crippen LogP contribution < -0.4 is 0 Å². The van der Waals surface area contributed by atoms with Crippen LogP contribution in [0, 0.1) is 13.8 Å². The molecule has 0 heterocycles. The lowest BCUT2D eigenvalue weighted by atomic mass is 9.69. The highest BCUT2D eigenvalue weighted by atomic mass is 16.5. The number of benzene rings is 4. The number of rotatable bonds is 26. The predicted molar refractivity (Wildman–Crippen MR) is 254 cm³/mol. The molecular formula is C57H78O2. The van der Waals surface area contributed by atoms with Gasteiger partial charge in [-0.2, -0.15) is 0 Å². The van der Waals surface area contributed by atoms with E-state index in [4.69, 9.17) is 4.74 Å². The molecule has 2 aliphatic carbocycles. The molecular weight excluding hydrogens is 717 g/mol. The maximum absolute atomic E-state index is 13.3. The number of unbranched alkanes of at least 4 members (excludes halogenated alkanes) is 14. The topological polar surface area (TPSA) is 26.3 Å². The molecule has 0 amide bonds. The molecule has 0 aromatic heterocycles. The molecule has 4 aromatic carbocycles. The number of aryl methyl sites for hydroxylation is 2. The predicted octanol–water partition coefficient (Wildman–Crippen LogP) is 17.1. The molecule has 2 aliphatic rings. The minimum atomic E-state index is -0.214. The third-order valence-corrected chi connectivity index (χ3v) is 14.3. The van der Waals surface area contributed by atoms with Crippen molar-refractivity contribution in [2.75, 3.05) is 6.61 Å². The van der Waals surface area contributed by atoms with E-state index < -0.39 is 0 Å². The molecule has 59 heavy (non-hydrogen) atoms. The summed E-state index contributed by atoms with van der Waals surface area (Å²) in [6, 6.07) is 29.2. The van der Waals surface area contributed by atoms with Gasteiger partial charge in [0.05, 0.1) is 6.61 Å². The van der Waals surface area contributed by atoms with E-state index in [-0.39, 0.29) is 16.8 Å². The van der Waals surface area contributed by atoms with Crippen LogP contribution in [0.2, 0.25) is 0 Å². The Morgan fingerprint density at radius 1 is 0.424 bits per heavy atom. The zero-order valence-electron chi connectivity index (χ0n) is 38.2. The van der Waals surface area contributed by atoms with Crippen molar-refractivity contribution in [3.8, 4) is 33.4 Å². The van der Waals surface area contributed by atoms with Crippen molar-refractivity contribution >= 4 is 5.97 Å². The Kier molecular flexibility index (Phi) is 16.5. The lowest BCUT2D eigenvalue weighted by Crippen LogP contribution is -2.27. The molecule has 4 aromatic rings. The summed E-state index contributed by atoms with van der Waals surface area (Å²) in [6.07, 6.45) is 27.5. The quantitative estimate of drug-likeness (QED) is 0.0467. The second-order valence-corrected chi connectivity index (χ2v) is 18.7. The van der Waals surface area contributed by atoms with Gasteiger partial charge in [-0.1, -0.05) is 209 Å². The highest BCUT2D eigenvalue weighted by molar-refractivity contribution is 5.87. The maximum Gasteiger partial charge on any atom is 0.305 e. The number of hydrogen-bond acceptors (Lipinski definition) is 2. The fourth-order valence-corrected chi connectivity index (χ4v) is 10.9. The molecule has 0 saturated carbocycles. The minimum absolute atomic E-state index is 0.0495. The first-order chi connectivity index (χ1) is 28.8. The normalized spacial score (nSPS) is 15.8. The Balaban J connectivity index is 1.42. The van der Waals surface area contributed by atoms with Crippen molar-refractivity contribution in [3.63, 3.8) is 0 Å². The van der Waals surface area contributed by atoms with Gasteiger partial charge in [0, 0.05) is 17.3 Å². The molecule has 0 bridgehead atoms. The summed E-state index contributed by atoms with van der Waals surface area (Å²) in [5.74, 6) is -0.0503. The van der Waals surface area contributed by atoms with Gasteiger partial charge in [-0.3, -0.25) is 4.79 Å². The Morgan fingerprint density at radius 3 is 1.22 bits per heavy atom. The van der Waals surface area contributed by atoms with Gasteiger partial charge < -0.3 is 4.74 Å².